The van der Waals surface area contributed by atoms with Gasteiger partial charge in [-0.05, 0) is 37.4 Å². The maximum absolute atomic E-state index is 11.5. The monoisotopic (exact) mass is 358 g/mol. The van der Waals surface area contributed by atoms with E-state index in [1.165, 1.54) is 4.90 Å². The zero-order valence-electron chi connectivity index (χ0n) is 15.3. The van der Waals surface area contributed by atoms with Gasteiger partial charge in [-0.1, -0.05) is 20.8 Å². The molecule has 24 heavy (non-hydrogen) atoms. The van der Waals surface area contributed by atoms with Crippen molar-refractivity contribution in [2.45, 2.75) is 76.4 Å². The smallest absolute Gasteiger partial charge is 0.214 e. The van der Waals surface area contributed by atoms with Crippen LogP contribution in [0.25, 0.3) is 0 Å². The molecule has 1 rings (SSSR count). The summed E-state index contributed by atoms with van der Waals surface area (Å²) >= 11 is 0. The predicted molar refractivity (Wildman–Crippen MR) is 90.0 cm³/mol. The summed E-state index contributed by atoms with van der Waals surface area (Å²) in [6.45, 7) is 11.0. The second kappa shape index (κ2) is 8.20. The number of hydrogen-bond acceptors (Lipinski definition) is 6. The Hall–Kier alpha value is -1.28. The van der Waals surface area contributed by atoms with E-state index >= 15 is 0 Å². The summed E-state index contributed by atoms with van der Waals surface area (Å²) in [6.07, 6.45) is -0.695. The van der Waals surface area contributed by atoms with Crippen molar-refractivity contribution in [1.82, 2.24) is 9.81 Å². The lowest BCUT2D eigenvalue weighted by molar-refractivity contribution is -0.271. The van der Waals surface area contributed by atoms with Crippen molar-refractivity contribution in [2.24, 2.45) is 5.11 Å². The van der Waals surface area contributed by atoms with E-state index in [9.17, 15) is 15.0 Å². The lowest BCUT2D eigenvalue weighted by atomic mass is 9.94. The van der Waals surface area contributed by atoms with Crippen LogP contribution in [0.15, 0.2) is 5.11 Å². The zero-order valence-corrected chi connectivity index (χ0v) is 16.3. The highest BCUT2D eigenvalue weighted by Crippen LogP contribution is 2.39. The van der Waals surface area contributed by atoms with Gasteiger partial charge in [0.05, 0.1) is 18.2 Å². The fourth-order valence-corrected chi connectivity index (χ4v) is 4.09. The molecule has 3 atom stereocenters. The fourth-order valence-electron chi connectivity index (χ4n) is 2.71. The number of nitrogens with one attached hydrogen (secondary N) is 1. The van der Waals surface area contributed by atoms with E-state index in [1.54, 1.807) is 0 Å². The summed E-state index contributed by atoms with van der Waals surface area (Å²) in [5.41, 5.74) is 6.66. The molecule has 8 nitrogen and oxygen atoms in total. The van der Waals surface area contributed by atoms with Crippen LogP contribution in [0, 0.1) is 5.53 Å². The molecule has 1 amide bonds. The summed E-state index contributed by atoms with van der Waals surface area (Å²) in [5, 5.41) is 25.1. The SMILES string of the molecule is CC(C)(C)[Si](C)(C)O[C@H]1CCCN(C(=O)[O-])[C@@H]1CC(O)CN=[N+]=N. The topological polar surface area (TPSA) is 123 Å². The minimum absolute atomic E-state index is 0.0132. The molecule has 9 heteroatoms. The molecule has 138 valence electrons. The van der Waals surface area contributed by atoms with Crippen LogP contribution in [0.4, 0.5) is 4.79 Å². The molecule has 0 aromatic carbocycles. The Bertz CT molecular complexity index is 488. The van der Waals surface area contributed by atoms with Crippen LogP contribution < -0.4 is 10.0 Å². The molecule has 0 saturated carbocycles. The van der Waals surface area contributed by atoms with Crippen molar-refractivity contribution >= 4 is 14.4 Å². The van der Waals surface area contributed by atoms with Gasteiger partial charge in [-0.25, -0.2) is 0 Å². The van der Waals surface area contributed by atoms with Gasteiger partial charge in [-0.2, -0.15) is 0 Å². The van der Waals surface area contributed by atoms with Crippen LogP contribution in [0.5, 0.6) is 0 Å². The van der Waals surface area contributed by atoms with Crippen molar-refractivity contribution in [2.75, 3.05) is 13.1 Å². The standard InChI is InChI=1S/C15H30N4O4Si/c1-15(2,3)24(4,5)23-13-7-6-8-19(14(21)22)12(13)9-11(20)10-17-18-16/h11-13,16,20H,6-10H2,1-5H3/t11?,12-,13+/m1/s1. The van der Waals surface area contributed by atoms with Crippen molar-refractivity contribution in [3.05, 3.63) is 0 Å². The highest BCUT2D eigenvalue weighted by molar-refractivity contribution is 6.74. The lowest BCUT2D eigenvalue weighted by Gasteiger charge is -2.48. The molecule has 0 bridgehead atoms. The third kappa shape index (κ3) is 5.37. The highest BCUT2D eigenvalue weighted by Gasteiger charge is 2.43. The number of carbonyl (C=O) groups excluding carboxylic acids is 1. The second-order valence-electron chi connectivity index (χ2n) is 7.90. The number of rotatable bonds is 6. The minimum Gasteiger partial charge on any atom is -0.530 e. The Balaban J connectivity index is 2.96. The van der Waals surface area contributed by atoms with Crippen molar-refractivity contribution in [1.29, 1.82) is 5.53 Å². The predicted octanol–water partition coefficient (Wildman–Crippen LogP) is 1.49. The molecule has 1 fully saturated rings. The quantitative estimate of drug-likeness (QED) is 0.424. The van der Waals surface area contributed by atoms with Gasteiger partial charge in [0.15, 0.2) is 8.32 Å². The first-order chi connectivity index (χ1) is 11.0. The molecule has 1 unspecified atom stereocenters. The summed E-state index contributed by atoms with van der Waals surface area (Å²) in [7, 11) is -2.07. The van der Waals surface area contributed by atoms with E-state index in [1.807, 2.05) is 0 Å². The first kappa shape index (κ1) is 20.8. The number of piperidine rings is 1. The largest absolute Gasteiger partial charge is 0.530 e. The van der Waals surface area contributed by atoms with Crippen LogP contribution >= 0.6 is 0 Å². The van der Waals surface area contributed by atoms with Crippen LogP contribution in [0.1, 0.15) is 40.0 Å². The van der Waals surface area contributed by atoms with E-state index < -0.39 is 26.6 Å². The third-order valence-corrected chi connectivity index (χ3v) is 9.58. The van der Waals surface area contributed by atoms with Gasteiger partial charge >= 0.3 is 0 Å². The molecule has 0 radical (unpaired) electrons. The Kier molecular flexibility index (Phi) is 7.09. The molecule has 2 N–H and O–H groups in total. The maximum atomic E-state index is 11.5. The van der Waals surface area contributed by atoms with E-state index in [0.29, 0.717) is 13.0 Å². The van der Waals surface area contributed by atoms with Crippen LogP contribution in [-0.2, 0) is 4.43 Å². The molecule has 0 aromatic rings. The van der Waals surface area contributed by atoms with Crippen molar-refractivity contribution in [3.8, 4) is 0 Å². The second-order valence-corrected chi connectivity index (χ2v) is 12.7. The molecular formula is C15H30N4O4Si. The average Bonchev–Trinajstić information content (AvgIpc) is 2.45. The lowest BCUT2D eigenvalue weighted by Crippen LogP contribution is -2.59. The van der Waals surface area contributed by atoms with Crippen LogP contribution in [0.3, 0.4) is 0 Å². The summed E-state index contributed by atoms with van der Waals surface area (Å²) < 4.78 is 6.45. The number of nitrogens with zero attached hydrogens (tertiary/aromatic N) is 3. The van der Waals surface area contributed by atoms with Gasteiger partial charge in [0.1, 0.15) is 23.3 Å². The normalized spacial score (nSPS) is 23.5. The van der Waals surface area contributed by atoms with E-state index in [0.717, 1.165) is 6.42 Å². The highest BCUT2D eigenvalue weighted by atomic mass is 28.4. The Morgan fingerprint density at radius 1 is 1.54 bits per heavy atom. The Morgan fingerprint density at radius 2 is 2.17 bits per heavy atom. The first-order valence-corrected chi connectivity index (χ1v) is 11.3. The molecule has 1 heterocycles. The number of likely N-dealkylation sites (tertiary alicyclic amines) is 1. The molecule has 1 saturated heterocycles. The van der Waals surface area contributed by atoms with Crippen molar-refractivity contribution < 1.29 is 19.4 Å². The molecule has 1 aliphatic rings. The molecule has 1 aliphatic heterocycles. The average molecular weight is 359 g/mol. The molecule has 0 aliphatic carbocycles. The molecule has 0 aromatic heterocycles. The molecule has 0 spiro atoms. The number of hydrogen-bond donors (Lipinski definition) is 2. The van der Waals surface area contributed by atoms with Gasteiger partial charge < -0.3 is 24.3 Å². The number of aliphatic hydroxyl groups excluding tert-OH is 1. The maximum Gasteiger partial charge on any atom is 0.214 e. The minimum atomic E-state index is -2.07. The number of amides is 1. The van der Waals surface area contributed by atoms with Crippen LogP contribution in [-0.4, -0.2) is 55.8 Å². The van der Waals surface area contributed by atoms with E-state index in [-0.39, 0.29) is 24.1 Å². The number of carbonyl (C=O) groups is 1. The summed E-state index contributed by atoms with van der Waals surface area (Å²) in [6, 6.07) is -0.464. The summed E-state index contributed by atoms with van der Waals surface area (Å²) in [4.78, 5) is 15.6. The number of aliphatic hydroxyl groups is 1. The molecular weight excluding hydrogens is 328 g/mol. The first-order valence-electron chi connectivity index (χ1n) is 8.36. The van der Waals surface area contributed by atoms with Crippen molar-refractivity contribution in [3.63, 3.8) is 0 Å². The zero-order chi connectivity index (χ0) is 18.5. The van der Waals surface area contributed by atoms with Gasteiger partial charge in [0.25, 0.3) is 0 Å². The van der Waals surface area contributed by atoms with Crippen LogP contribution in [0.2, 0.25) is 18.1 Å². The Labute approximate surface area is 144 Å². The summed E-state index contributed by atoms with van der Waals surface area (Å²) in [5.74, 6) is 0. The van der Waals surface area contributed by atoms with Gasteiger partial charge in [0, 0.05) is 6.54 Å². The van der Waals surface area contributed by atoms with Gasteiger partial charge in [-0.3, -0.25) is 0 Å². The Morgan fingerprint density at radius 3 is 2.67 bits per heavy atom. The van der Waals surface area contributed by atoms with E-state index in [2.05, 4.69) is 43.9 Å². The fraction of sp³-hybridized carbons (Fsp3) is 0.933. The number of carboxylic acid groups (broad SMARTS) is 1. The third-order valence-electron chi connectivity index (χ3n) is 5.08. The van der Waals surface area contributed by atoms with E-state index in [4.69, 9.17) is 9.96 Å². The van der Waals surface area contributed by atoms with Gasteiger partial charge in [-0.15, -0.1) is 0 Å². The van der Waals surface area contributed by atoms with Gasteiger partial charge in [0.2, 0.25) is 4.91 Å².